The zero-order chi connectivity index (χ0) is 13.6. The Morgan fingerprint density at radius 3 is 2.84 bits per heavy atom. The molecule has 3 rings (SSSR count). The van der Waals surface area contributed by atoms with Crippen LogP contribution in [0.15, 0.2) is 33.5 Å². The number of rotatable bonds is 1. The van der Waals surface area contributed by atoms with Crippen molar-refractivity contribution in [3.63, 3.8) is 0 Å². The van der Waals surface area contributed by atoms with Crippen LogP contribution < -0.4 is 5.56 Å². The zero-order valence-electron chi connectivity index (χ0n) is 10.5. The summed E-state index contributed by atoms with van der Waals surface area (Å²) >= 11 is 0. The summed E-state index contributed by atoms with van der Waals surface area (Å²) < 4.78 is 19.0. The van der Waals surface area contributed by atoms with E-state index in [4.69, 9.17) is 4.42 Å². The lowest BCUT2D eigenvalue weighted by Gasteiger charge is -2.00. The molecule has 0 aliphatic heterocycles. The molecule has 1 N–H and O–H groups in total. The van der Waals surface area contributed by atoms with Gasteiger partial charge in [-0.05, 0) is 26.0 Å². The highest BCUT2D eigenvalue weighted by atomic mass is 19.1. The second kappa shape index (κ2) is 4.05. The van der Waals surface area contributed by atoms with E-state index in [1.165, 1.54) is 6.07 Å². The van der Waals surface area contributed by atoms with E-state index < -0.39 is 5.82 Å². The van der Waals surface area contributed by atoms with Crippen LogP contribution in [0.1, 0.15) is 11.4 Å². The number of H-pyrrole nitrogens is 1. The Balaban J connectivity index is 2.28. The van der Waals surface area contributed by atoms with E-state index in [0.717, 1.165) is 0 Å². The smallest absolute Gasteiger partial charge is 0.277 e. The van der Waals surface area contributed by atoms with Gasteiger partial charge in [0.2, 0.25) is 0 Å². The molecule has 2 aromatic heterocycles. The number of aromatic nitrogens is 2. The first-order valence-corrected chi connectivity index (χ1v) is 5.82. The van der Waals surface area contributed by atoms with Gasteiger partial charge in [0, 0.05) is 11.1 Å². The van der Waals surface area contributed by atoms with Crippen molar-refractivity contribution in [2.45, 2.75) is 13.8 Å². The number of hydrogen-bond donors (Lipinski definition) is 1. The molecule has 96 valence electrons. The van der Waals surface area contributed by atoms with Gasteiger partial charge in [0.1, 0.15) is 0 Å². The summed E-state index contributed by atoms with van der Waals surface area (Å²) in [6, 6.07) is 6.24. The van der Waals surface area contributed by atoms with E-state index in [2.05, 4.69) is 9.97 Å². The van der Waals surface area contributed by atoms with Crippen LogP contribution in [-0.2, 0) is 0 Å². The van der Waals surface area contributed by atoms with Crippen LogP contribution in [0.2, 0.25) is 0 Å². The van der Waals surface area contributed by atoms with Gasteiger partial charge in [-0.2, -0.15) is 0 Å². The Hall–Kier alpha value is -2.43. The summed E-state index contributed by atoms with van der Waals surface area (Å²) in [7, 11) is 0. The number of aromatic amines is 1. The molecule has 0 atom stereocenters. The third-order valence-corrected chi connectivity index (χ3v) is 3.07. The van der Waals surface area contributed by atoms with Crippen molar-refractivity contribution in [2.75, 3.05) is 0 Å². The number of halogens is 1. The Bertz CT molecular complexity index is 833. The average Bonchev–Trinajstić information content (AvgIpc) is 2.79. The van der Waals surface area contributed by atoms with Gasteiger partial charge in [-0.25, -0.2) is 9.37 Å². The monoisotopic (exact) mass is 258 g/mol. The van der Waals surface area contributed by atoms with Crippen LogP contribution in [0.4, 0.5) is 4.39 Å². The predicted octanol–water partition coefficient (Wildman–Crippen LogP) is 2.94. The number of hydrogen-bond acceptors (Lipinski definition) is 3. The van der Waals surface area contributed by atoms with E-state index in [0.29, 0.717) is 16.8 Å². The van der Waals surface area contributed by atoms with Crippen LogP contribution in [0.3, 0.4) is 0 Å². The van der Waals surface area contributed by atoms with Crippen LogP contribution in [0.25, 0.3) is 22.4 Å². The highest BCUT2D eigenvalue weighted by Gasteiger charge is 2.14. The number of benzene rings is 1. The van der Waals surface area contributed by atoms with Crippen LogP contribution in [-0.4, -0.2) is 9.97 Å². The van der Waals surface area contributed by atoms with E-state index in [-0.39, 0.29) is 22.6 Å². The molecule has 3 aromatic rings. The molecule has 0 aliphatic rings. The standard InChI is InChI=1S/C14H11FN2O2/c1-7-8(2)17-14(18)12(16-7)11-6-9-4-3-5-10(15)13(9)19-11/h3-6H,1-2H3,(H,17,18). The van der Waals surface area contributed by atoms with Crippen LogP contribution >= 0.6 is 0 Å². The first-order chi connectivity index (χ1) is 9.06. The highest BCUT2D eigenvalue weighted by molar-refractivity contribution is 5.82. The quantitative estimate of drug-likeness (QED) is 0.730. The number of nitrogens with one attached hydrogen (secondary N) is 1. The second-order valence-electron chi connectivity index (χ2n) is 4.39. The van der Waals surface area contributed by atoms with Gasteiger partial charge >= 0.3 is 0 Å². The Kier molecular flexibility index (Phi) is 2.48. The van der Waals surface area contributed by atoms with Crippen LogP contribution in [0.5, 0.6) is 0 Å². The lowest BCUT2D eigenvalue weighted by molar-refractivity contribution is 0.567. The first-order valence-electron chi connectivity index (χ1n) is 5.82. The van der Waals surface area contributed by atoms with Crippen molar-refractivity contribution in [1.29, 1.82) is 0 Å². The number of aryl methyl sites for hydroxylation is 2. The molecular weight excluding hydrogens is 247 g/mol. The fourth-order valence-electron chi connectivity index (χ4n) is 1.93. The molecule has 0 saturated heterocycles. The highest BCUT2D eigenvalue weighted by Crippen LogP contribution is 2.26. The third-order valence-electron chi connectivity index (χ3n) is 3.07. The number of furan rings is 1. The molecule has 19 heavy (non-hydrogen) atoms. The van der Waals surface area contributed by atoms with Gasteiger partial charge < -0.3 is 9.40 Å². The second-order valence-corrected chi connectivity index (χ2v) is 4.39. The summed E-state index contributed by atoms with van der Waals surface area (Å²) in [5.41, 5.74) is 1.37. The van der Waals surface area contributed by atoms with Gasteiger partial charge in [-0.1, -0.05) is 12.1 Å². The summed E-state index contributed by atoms with van der Waals surface area (Å²) in [4.78, 5) is 18.8. The Labute approximate surface area is 107 Å². The average molecular weight is 258 g/mol. The Morgan fingerprint density at radius 1 is 1.32 bits per heavy atom. The van der Waals surface area contributed by atoms with Crippen molar-refractivity contribution >= 4 is 11.0 Å². The van der Waals surface area contributed by atoms with Gasteiger partial charge in [-0.15, -0.1) is 0 Å². The fraction of sp³-hybridized carbons (Fsp3) is 0.143. The zero-order valence-corrected chi connectivity index (χ0v) is 10.5. The first kappa shape index (κ1) is 11.6. The molecule has 0 spiro atoms. The topological polar surface area (TPSA) is 58.9 Å². The molecule has 0 fully saturated rings. The van der Waals surface area contributed by atoms with Crippen molar-refractivity contribution in [3.05, 3.63) is 51.8 Å². The van der Waals surface area contributed by atoms with Gasteiger partial charge in [0.15, 0.2) is 22.9 Å². The lowest BCUT2D eigenvalue weighted by atomic mass is 10.2. The van der Waals surface area contributed by atoms with Crippen molar-refractivity contribution in [1.82, 2.24) is 9.97 Å². The predicted molar refractivity (Wildman–Crippen MR) is 69.5 cm³/mol. The maximum absolute atomic E-state index is 13.6. The minimum atomic E-state index is -0.455. The third kappa shape index (κ3) is 1.83. The van der Waals surface area contributed by atoms with E-state index in [1.54, 1.807) is 32.0 Å². The Morgan fingerprint density at radius 2 is 2.11 bits per heavy atom. The maximum Gasteiger partial charge on any atom is 0.277 e. The molecule has 1 aromatic carbocycles. The van der Waals surface area contributed by atoms with Crippen molar-refractivity contribution in [3.8, 4) is 11.5 Å². The minimum absolute atomic E-state index is 0.136. The van der Waals surface area contributed by atoms with E-state index in [9.17, 15) is 9.18 Å². The number of fused-ring (bicyclic) bond motifs is 1. The van der Waals surface area contributed by atoms with Crippen LogP contribution in [0, 0.1) is 19.7 Å². The van der Waals surface area contributed by atoms with E-state index >= 15 is 0 Å². The largest absolute Gasteiger partial charge is 0.451 e. The van der Waals surface area contributed by atoms with Gasteiger partial charge in [0.05, 0.1) is 5.69 Å². The lowest BCUT2D eigenvalue weighted by Crippen LogP contribution is -2.13. The summed E-state index contributed by atoms with van der Waals surface area (Å²) in [5.74, 6) is -0.187. The molecule has 0 radical (unpaired) electrons. The minimum Gasteiger partial charge on any atom is -0.451 e. The molecule has 0 saturated carbocycles. The summed E-state index contributed by atoms with van der Waals surface area (Å²) in [6.45, 7) is 3.56. The molecule has 0 amide bonds. The summed E-state index contributed by atoms with van der Waals surface area (Å²) in [5, 5.41) is 0.606. The number of nitrogens with zero attached hydrogens (tertiary/aromatic N) is 1. The maximum atomic E-state index is 13.6. The fourth-order valence-corrected chi connectivity index (χ4v) is 1.93. The van der Waals surface area contributed by atoms with Gasteiger partial charge in [0.25, 0.3) is 5.56 Å². The van der Waals surface area contributed by atoms with E-state index in [1.807, 2.05) is 0 Å². The molecule has 4 nitrogen and oxygen atoms in total. The summed E-state index contributed by atoms with van der Waals surface area (Å²) in [6.07, 6.45) is 0. The normalized spacial score (nSPS) is 11.1. The van der Waals surface area contributed by atoms with Crippen molar-refractivity contribution in [2.24, 2.45) is 0 Å². The van der Waals surface area contributed by atoms with Crippen molar-refractivity contribution < 1.29 is 8.81 Å². The molecule has 0 unspecified atom stereocenters. The number of para-hydroxylation sites is 1. The molecule has 0 aliphatic carbocycles. The van der Waals surface area contributed by atoms with Gasteiger partial charge in [-0.3, -0.25) is 4.79 Å². The SMILES string of the molecule is Cc1nc(-c2cc3cccc(F)c3o2)c(=O)[nH]c1C. The molecular formula is C14H11FN2O2. The molecule has 2 heterocycles. The molecule has 0 bridgehead atoms. The molecule has 5 heteroatoms.